The van der Waals surface area contributed by atoms with Crippen LogP contribution < -0.4 is 5.73 Å². The average Bonchev–Trinajstić information content (AvgIpc) is 2.68. The van der Waals surface area contributed by atoms with Gasteiger partial charge >= 0.3 is 0 Å². The molecule has 1 aliphatic heterocycles. The number of halogens is 1. The van der Waals surface area contributed by atoms with Crippen LogP contribution in [0.2, 0.25) is 0 Å². The van der Waals surface area contributed by atoms with Crippen LogP contribution in [0.4, 0.5) is 5.82 Å². The molecule has 1 unspecified atom stereocenters. The first-order valence-corrected chi connectivity index (χ1v) is 6.49. The van der Waals surface area contributed by atoms with E-state index in [1.165, 1.54) is 18.6 Å². The quantitative estimate of drug-likeness (QED) is 0.902. The molecule has 1 atom stereocenters. The molecular weight excluding hydrogens is 262 g/mol. The van der Waals surface area contributed by atoms with Crippen molar-refractivity contribution in [1.29, 1.82) is 0 Å². The van der Waals surface area contributed by atoms with Gasteiger partial charge in [-0.2, -0.15) is 16.9 Å². The lowest BCUT2D eigenvalue weighted by atomic mass is 10.1. The van der Waals surface area contributed by atoms with Gasteiger partial charge in [-0.25, -0.2) is 4.68 Å². The number of hydrogen-bond acceptors (Lipinski definition) is 3. The second-order valence-corrected chi connectivity index (χ2v) is 6.47. The number of nitrogen functional groups attached to an aromatic ring is 1. The van der Waals surface area contributed by atoms with Crippen molar-refractivity contribution in [2.45, 2.75) is 31.1 Å². The van der Waals surface area contributed by atoms with E-state index in [4.69, 9.17) is 5.73 Å². The molecule has 1 aromatic rings. The highest BCUT2D eigenvalue weighted by atomic mass is 79.9. The normalized spacial score (nSPS) is 27.0. The molecular formula is C9H14BrN3S. The molecule has 1 fully saturated rings. The van der Waals surface area contributed by atoms with E-state index in [1.54, 1.807) is 6.20 Å². The number of nitrogens with zero attached hydrogens (tertiary/aromatic N) is 2. The van der Waals surface area contributed by atoms with Crippen LogP contribution in [0, 0.1) is 0 Å². The van der Waals surface area contributed by atoms with E-state index in [-0.39, 0.29) is 0 Å². The highest BCUT2D eigenvalue weighted by molar-refractivity contribution is 9.10. The number of aromatic nitrogens is 2. The van der Waals surface area contributed by atoms with Crippen molar-refractivity contribution in [3.05, 3.63) is 10.7 Å². The van der Waals surface area contributed by atoms with Gasteiger partial charge < -0.3 is 5.73 Å². The lowest BCUT2D eigenvalue weighted by Crippen LogP contribution is -2.25. The zero-order chi connectivity index (χ0) is 10.2. The molecule has 1 aromatic heterocycles. The minimum absolute atomic E-state index is 0.319. The Balaban J connectivity index is 2.14. The predicted molar refractivity (Wildman–Crippen MR) is 64.4 cm³/mol. The Bertz CT molecular complexity index is 331. The second kappa shape index (κ2) is 3.77. The van der Waals surface area contributed by atoms with Gasteiger partial charge in [-0.1, -0.05) is 0 Å². The van der Waals surface area contributed by atoms with Gasteiger partial charge in [0.15, 0.2) is 0 Å². The van der Waals surface area contributed by atoms with E-state index < -0.39 is 0 Å². The first-order chi connectivity index (χ1) is 6.61. The Kier molecular flexibility index (Phi) is 2.79. The summed E-state index contributed by atoms with van der Waals surface area (Å²) in [6.07, 6.45) is 4.33. The second-order valence-electron chi connectivity index (χ2n) is 3.94. The van der Waals surface area contributed by atoms with Crippen LogP contribution in [0.25, 0.3) is 0 Å². The van der Waals surface area contributed by atoms with Gasteiger partial charge in [0.05, 0.1) is 17.2 Å². The van der Waals surface area contributed by atoms with Crippen LogP contribution in [0.1, 0.15) is 19.8 Å². The fourth-order valence-electron chi connectivity index (χ4n) is 1.78. The fraction of sp³-hybridized carbons (Fsp3) is 0.667. The Morgan fingerprint density at radius 1 is 1.79 bits per heavy atom. The van der Waals surface area contributed by atoms with Crippen molar-refractivity contribution in [3.8, 4) is 0 Å². The van der Waals surface area contributed by atoms with Crippen molar-refractivity contribution < 1.29 is 0 Å². The first kappa shape index (κ1) is 10.4. The van der Waals surface area contributed by atoms with Gasteiger partial charge in [0.25, 0.3) is 0 Å². The number of thioether (sulfide) groups is 1. The summed E-state index contributed by atoms with van der Waals surface area (Å²) < 4.78 is 3.10. The molecule has 2 N–H and O–H groups in total. The van der Waals surface area contributed by atoms with Gasteiger partial charge in [-0.05, 0) is 41.4 Å². The summed E-state index contributed by atoms with van der Waals surface area (Å²) in [6.45, 7) is 3.20. The summed E-state index contributed by atoms with van der Waals surface area (Å²) in [6, 6.07) is 0. The average molecular weight is 276 g/mol. The number of rotatable bonds is 2. The summed E-state index contributed by atoms with van der Waals surface area (Å²) in [5.74, 6) is 2.00. The SMILES string of the molecule is CC1(Cn2ncc(Br)c2N)CCCS1. The summed E-state index contributed by atoms with van der Waals surface area (Å²) in [4.78, 5) is 0. The minimum Gasteiger partial charge on any atom is -0.383 e. The molecule has 0 aromatic carbocycles. The van der Waals surface area contributed by atoms with Crippen molar-refractivity contribution in [1.82, 2.24) is 9.78 Å². The topological polar surface area (TPSA) is 43.8 Å². The lowest BCUT2D eigenvalue weighted by molar-refractivity contribution is 0.481. The Morgan fingerprint density at radius 2 is 2.57 bits per heavy atom. The molecule has 3 nitrogen and oxygen atoms in total. The third-order valence-corrected chi connectivity index (χ3v) is 4.75. The van der Waals surface area contributed by atoms with E-state index in [9.17, 15) is 0 Å². The molecule has 0 radical (unpaired) electrons. The summed E-state index contributed by atoms with van der Waals surface area (Å²) >= 11 is 5.39. The largest absolute Gasteiger partial charge is 0.383 e. The number of hydrogen-bond donors (Lipinski definition) is 1. The standard InChI is InChI=1S/C9H14BrN3S/c1-9(3-2-4-14-9)6-13-8(11)7(10)5-12-13/h5H,2-4,6,11H2,1H3. The number of nitrogens with two attached hydrogens (primary N) is 1. The highest BCUT2D eigenvalue weighted by Crippen LogP contribution is 2.39. The zero-order valence-corrected chi connectivity index (χ0v) is 10.6. The molecule has 0 bridgehead atoms. The van der Waals surface area contributed by atoms with E-state index in [0.29, 0.717) is 4.75 Å². The molecule has 78 valence electrons. The van der Waals surface area contributed by atoms with Gasteiger partial charge in [-0.15, -0.1) is 0 Å². The molecule has 5 heteroatoms. The zero-order valence-electron chi connectivity index (χ0n) is 8.16. The van der Waals surface area contributed by atoms with Crippen molar-refractivity contribution >= 4 is 33.5 Å². The molecule has 14 heavy (non-hydrogen) atoms. The maximum atomic E-state index is 5.88. The van der Waals surface area contributed by atoms with Crippen LogP contribution in [0.3, 0.4) is 0 Å². The molecule has 2 rings (SSSR count). The third-order valence-electron chi connectivity index (χ3n) is 2.62. The fourth-order valence-corrected chi connectivity index (χ4v) is 3.36. The Morgan fingerprint density at radius 3 is 3.07 bits per heavy atom. The van der Waals surface area contributed by atoms with Crippen LogP contribution in [0.15, 0.2) is 10.7 Å². The van der Waals surface area contributed by atoms with Crippen molar-refractivity contribution in [3.63, 3.8) is 0 Å². The van der Waals surface area contributed by atoms with Crippen LogP contribution >= 0.6 is 27.7 Å². The van der Waals surface area contributed by atoms with Gasteiger partial charge in [0, 0.05) is 4.75 Å². The van der Waals surface area contributed by atoms with E-state index in [2.05, 4.69) is 28.0 Å². The first-order valence-electron chi connectivity index (χ1n) is 4.71. The maximum absolute atomic E-state index is 5.88. The Labute approximate surface area is 96.6 Å². The molecule has 1 aliphatic rings. The van der Waals surface area contributed by atoms with Crippen LogP contribution in [-0.2, 0) is 6.54 Å². The lowest BCUT2D eigenvalue weighted by Gasteiger charge is -2.22. The molecule has 0 amide bonds. The number of anilines is 1. The smallest absolute Gasteiger partial charge is 0.136 e. The van der Waals surface area contributed by atoms with Gasteiger partial charge in [0.2, 0.25) is 0 Å². The summed E-state index contributed by atoms with van der Waals surface area (Å²) in [7, 11) is 0. The summed E-state index contributed by atoms with van der Waals surface area (Å²) in [5.41, 5.74) is 5.88. The Hall–Kier alpha value is -0.160. The van der Waals surface area contributed by atoms with E-state index in [1.807, 2.05) is 16.4 Å². The van der Waals surface area contributed by atoms with E-state index in [0.717, 1.165) is 16.8 Å². The third kappa shape index (κ3) is 1.93. The van der Waals surface area contributed by atoms with Crippen LogP contribution in [0.5, 0.6) is 0 Å². The van der Waals surface area contributed by atoms with E-state index >= 15 is 0 Å². The molecule has 0 saturated carbocycles. The molecule has 2 heterocycles. The van der Waals surface area contributed by atoms with Crippen molar-refractivity contribution in [2.24, 2.45) is 0 Å². The molecule has 0 aliphatic carbocycles. The summed E-state index contributed by atoms with van der Waals surface area (Å²) in [5, 5.41) is 4.26. The highest BCUT2D eigenvalue weighted by Gasteiger charge is 2.30. The molecule has 1 saturated heterocycles. The molecule has 0 spiro atoms. The minimum atomic E-state index is 0.319. The van der Waals surface area contributed by atoms with Crippen LogP contribution in [-0.4, -0.2) is 20.3 Å². The monoisotopic (exact) mass is 275 g/mol. The maximum Gasteiger partial charge on any atom is 0.136 e. The predicted octanol–water partition coefficient (Wildman–Crippen LogP) is 2.51. The van der Waals surface area contributed by atoms with Crippen molar-refractivity contribution in [2.75, 3.05) is 11.5 Å². The van der Waals surface area contributed by atoms with Gasteiger partial charge in [-0.3, -0.25) is 0 Å². The van der Waals surface area contributed by atoms with Gasteiger partial charge in [0.1, 0.15) is 5.82 Å².